The fourth-order valence-corrected chi connectivity index (χ4v) is 3.85. The van der Waals surface area contributed by atoms with Gasteiger partial charge in [-0.3, -0.25) is 4.72 Å². The fraction of sp³-hybridized carbons (Fsp3) is 0. The smallest absolute Gasteiger partial charge is 0.271 e. The number of sulfonamides is 1. The highest BCUT2D eigenvalue weighted by atomic mass is 32.2. The Labute approximate surface area is 127 Å². The quantitative estimate of drug-likeness (QED) is 0.830. The van der Waals surface area contributed by atoms with E-state index in [1.165, 1.54) is 12.1 Å². The molecule has 1 aromatic heterocycles. The topological polar surface area (TPSA) is 72.2 Å². The molecule has 4 nitrogen and oxygen atoms in total. The largest absolute Gasteiger partial charge is 0.389 e. The van der Waals surface area contributed by atoms with Gasteiger partial charge in [-0.05, 0) is 12.1 Å². The number of hydrogen-bond donors (Lipinski definition) is 2. The first-order chi connectivity index (χ1) is 9.70. The van der Waals surface area contributed by atoms with E-state index in [1.54, 1.807) is 4.72 Å². The Bertz CT molecular complexity index is 795. The van der Waals surface area contributed by atoms with Crippen molar-refractivity contribution >= 4 is 44.3 Å². The zero-order chi connectivity index (χ0) is 15.8. The molecule has 0 saturated carbocycles. The van der Waals surface area contributed by atoms with Crippen molar-refractivity contribution in [2.45, 2.75) is 4.21 Å². The first kappa shape index (κ1) is 15.7. The summed E-state index contributed by atoms with van der Waals surface area (Å²) >= 11 is 5.44. The highest BCUT2D eigenvalue weighted by molar-refractivity contribution is 7.94. The highest BCUT2D eigenvalue weighted by Crippen LogP contribution is 2.27. The zero-order valence-corrected chi connectivity index (χ0v) is 12.5. The molecule has 1 aromatic carbocycles. The third kappa shape index (κ3) is 3.34. The van der Waals surface area contributed by atoms with Gasteiger partial charge in [-0.1, -0.05) is 12.2 Å². The van der Waals surface area contributed by atoms with Crippen molar-refractivity contribution in [1.29, 1.82) is 0 Å². The molecule has 0 aliphatic heterocycles. The first-order valence-electron chi connectivity index (χ1n) is 5.27. The molecule has 0 amide bonds. The summed E-state index contributed by atoms with van der Waals surface area (Å²) < 4.78 is 65.2. The van der Waals surface area contributed by atoms with Crippen LogP contribution in [0, 0.1) is 17.5 Å². The Balaban J connectivity index is 2.40. The van der Waals surface area contributed by atoms with Gasteiger partial charge >= 0.3 is 0 Å². The standard InChI is InChI=1S/C11H7F3N2O2S3/c12-5-3-6(13)10(7(14)4-5)16-21(17,18)9-2-1-8(20-9)11(15)19/h1-4,16H,(H2,15,19). The summed E-state index contributed by atoms with van der Waals surface area (Å²) in [4.78, 5) is 0.339. The maximum absolute atomic E-state index is 13.4. The number of hydrogen-bond acceptors (Lipinski definition) is 4. The van der Waals surface area contributed by atoms with Gasteiger partial charge in [0.05, 0.1) is 4.88 Å². The third-order valence-electron chi connectivity index (χ3n) is 2.33. The van der Waals surface area contributed by atoms with Crippen LogP contribution < -0.4 is 10.5 Å². The van der Waals surface area contributed by atoms with Crippen molar-refractivity contribution in [2.75, 3.05) is 4.72 Å². The van der Waals surface area contributed by atoms with Gasteiger partial charge < -0.3 is 5.73 Å². The maximum atomic E-state index is 13.4. The van der Waals surface area contributed by atoms with Crippen LogP contribution in [0.3, 0.4) is 0 Å². The molecule has 10 heteroatoms. The van der Waals surface area contributed by atoms with Crippen LogP contribution >= 0.6 is 23.6 Å². The third-order valence-corrected chi connectivity index (χ3v) is 5.64. The van der Waals surface area contributed by atoms with Crippen molar-refractivity contribution in [3.05, 3.63) is 46.6 Å². The predicted molar refractivity (Wildman–Crippen MR) is 77.3 cm³/mol. The molecule has 0 fully saturated rings. The van der Waals surface area contributed by atoms with Crippen molar-refractivity contribution in [3.63, 3.8) is 0 Å². The minimum atomic E-state index is -4.23. The molecule has 112 valence electrons. The molecular formula is C11H7F3N2O2S3. The van der Waals surface area contributed by atoms with E-state index < -0.39 is 33.2 Å². The van der Waals surface area contributed by atoms with Crippen LogP contribution in [0.2, 0.25) is 0 Å². The monoisotopic (exact) mass is 352 g/mol. The molecule has 0 unspecified atom stereocenters. The number of nitrogens with two attached hydrogens (primary N) is 1. The molecule has 21 heavy (non-hydrogen) atoms. The number of rotatable bonds is 4. The Morgan fingerprint density at radius 3 is 2.24 bits per heavy atom. The summed E-state index contributed by atoms with van der Waals surface area (Å²) in [5.41, 5.74) is 4.40. The molecule has 0 radical (unpaired) electrons. The summed E-state index contributed by atoms with van der Waals surface area (Å²) in [5.74, 6) is -3.87. The number of thiocarbonyl (C=S) groups is 1. The molecule has 0 saturated heterocycles. The van der Waals surface area contributed by atoms with E-state index in [0.29, 0.717) is 17.0 Å². The van der Waals surface area contributed by atoms with E-state index in [4.69, 9.17) is 18.0 Å². The summed E-state index contributed by atoms with van der Waals surface area (Å²) in [7, 11) is -4.23. The van der Waals surface area contributed by atoms with Gasteiger partial charge in [-0.15, -0.1) is 11.3 Å². The predicted octanol–water partition coefficient (Wildman–Crippen LogP) is 2.60. The van der Waals surface area contributed by atoms with Crippen LogP contribution in [-0.4, -0.2) is 13.4 Å². The molecule has 0 aliphatic rings. The van der Waals surface area contributed by atoms with E-state index in [-0.39, 0.29) is 9.20 Å². The van der Waals surface area contributed by atoms with Crippen LogP contribution in [0.4, 0.5) is 18.9 Å². The number of thiophene rings is 1. The summed E-state index contributed by atoms with van der Waals surface area (Å²) in [5, 5.41) is 0. The molecule has 2 rings (SSSR count). The Morgan fingerprint density at radius 1 is 1.19 bits per heavy atom. The van der Waals surface area contributed by atoms with Gasteiger partial charge in [-0.25, -0.2) is 21.6 Å². The summed E-state index contributed by atoms with van der Waals surface area (Å²) in [6.45, 7) is 0. The van der Waals surface area contributed by atoms with Gasteiger partial charge in [0.2, 0.25) is 0 Å². The van der Waals surface area contributed by atoms with Gasteiger partial charge in [0.15, 0.2) is 11.6 Å². The van der Waals surface area contributed by atoms with E-state index in [2.05, 4.69) is 0 Å². The Morgan fingerprint density at radius 2 is 1.76 bits per heavy atom. The second-order valence-electron chi connectivity index (χ2n) is 3.83. The molecule has 1 heterocycles. The lowest BCUT2D eigenvalue weighted by molar-refractivity contribution is 0.547. The van der Waals surface area contributed by atoms with Crippen LogP contribution in [-0.2, 0) is 10.0 Å². The number of benzene rings is 1. The normalized spacial score (nSPS) is 11.4. The van der Waals surface area contributed by atoms with Crippen molar-refractivity contribution < 1.29 is 21.6 Å². The van der Waals surface area contributed by atoms with E-state index in [0.717, 1.165) is 11.3 Å². The average Bonchev–Trinajstić information content (AvgIpc) is 2.84. The van der Waals surface area contributed by atoms with E-state index >= 15 is 0 Å². The Kier molecular flexibility index (Phi) is 4.21. The van der Waals surface area contributed by atoms with Crippen molar-refractivity contribution in [3.8, 4) is 0 Å². The SMILES string of the molecule is NC(=S)c1ccc(S(=O)(=O)Nc2c(F)cc(F)cc2F)s1. The van der Waals surface area contributed by atoms with E-state index in [1.807, 2.05) is 0 Å². The second-order valence-corrected chi connectivity index (χ2v) is 7.27. The minimum absolute atomic E-state index is 0.000549. The summed E-state index contributed by atoms with van der Waals surface area (Å²) in [6, 6.07) is 3.31. The molecule has 3 N–H and O–H groups in total. The average molecular weight is 352 g/mol. The Hall–Kier alpha value is -1.65. The molecule has 0 aliphatic carbocycles. The first-order valence-corrected chi connectivity index (χ1v) is 7.98. The van der Waals surface area contributed by atoms with Crippen LogP contribution in [0.1, 0.15) is 4.88 Å². The number of nitrogens with one attached hydrogen (secondary N) is 1. The molecule has 0 spiro atoms. The molecule has 0 atom stereocenters. The van der Waals surface area contributed by atoms with Gasteiger partial charge in [-0.2, -0.15) is 0 Å². The van der Waals surface area contributed by atoms with Gasteiger partial charge in [0, 0.05) is 12.1 Å². The van der Waals surface area contributed by atoms with Crippen molar-refractivity contribution in [2.24, 2.45) is 5.73 Å². The lowest BCUT2D eigenvalue weighted by atomic mass is 10.3. The summed E-state index contributed by atoms with van der Waals surface area (Å²) in [6.07, 6.45) is 0. The number of halogens is 3. The van der Waals surface area contributed by atoms with Crippen molar-refractivity contribution in [1.82, 2.24) is 0 Å². The fourth-order valence-electron chi connectivity index (χ4n) is 1.42. The van der Waals surface area contributed by atoms with Crippen LogP contribution in [0.25, 0.3) is 0 Å². The molecule has 2 aromatic rings. The van der Waals surface area contributed by atoms with Gasteiger partial charge in [0.1, 0.15) is 20.7 Å². The van der Waals surface area contributed by atoms with Crippen LogP contribution in [0.5, 0.6) is 0 Å². The zero-order valence-electron chi connectivity index (χ0n) is 10.1. The number of anilines is 1. The van der Waals surface area contributed by atoms with E-state index in [9.17, 15) is 21.6 Å². The lowest BCUT2D eigenvalue weighted by Crippen LogP contribution is -2.14. The highest BCUT2D eigenvalue weighted by Gasteiger charge is 2.22. The second kappa shape index (κ2) is 5.62. The molecular weight excluding hydrogens is 345 g/mol. The lowest BCUT2D eigenvalue weighted by Gasteiger charge is -2.08. The maximum Gasteiger partial charge on any atom is 0.271 e. The molecule has 0 bridgehead atoms. The van der Waals surface area contributed by atoms with Crippen LogP contribution in [0.15, 0.2) is 28.5 Å². The van der Waals surface area contributed by atoms with Gasteiger partial charge in [0.25, 0.3) is 10.0 Å². The minimum Gasteiger partial charge on any atom is -0.389 e.